The zero-order chi connectivity index (χ0) is 14.9. The Morgan fingerprint density at radius 2 is 2.14 bits per heavy atom. The molecule has 1 aromatic carbocycles. The number of rotatable bonds is 2. The number of hydrogen-bond acceptors (Lipinski definition) is 4. The predicted octanol–water partition coefficient (Wildman–Crippen LogP) is 4.75. The van der Waals surface area contributed by atoms with Crippen molar-refractivity contribution in [3.8, 4) is 0 Å². The van der Waals surface area contributed by atoms with Crippen molar-refractivity contribution in [3.05, 3.63) is 57.5 Å². The molecule has 3 aromatic rings. The molecule has 0 spiro atoms. The van der Waals surface area contributed by atoms with Crippen LogP contribution >= 0.6 is 27.3 Å². The molecular formula is C17H14BrN3S. The zero-order valence-corrected chi connectivity index (χ0v) is 14.3. The highest BCUT2D eigenvalue weighted by atomic mass is 79.9. The molecule has 0 saturated carbocycles. The zero-order valence-electron chi connectivity index (χ0n) is 11.9. The van der Waals surface area contributed by atoms with Gasteiger partial charge in [0.25, 0.3) is 0 Å². The van der Waals surface area contributed by atoms with Crippen molar-refractivity contribution in [2.45, 2.75) is 6.42 Å². The molecule has 5 heteroatoms. The van der Waals surface area contributed by atoms with Gasteiger partial charge < -0.3 is 4.90 Å². The fourth-order valence-corrected chi connectivity index (χ4v) is 3.97. The maximum absolute atomic E-state index is 4.53. The first-order valence-electron chi connectivity index (χ1n) is 7.19. The topological polar surface area (TPSA) is 29.0 Å². The Balaban J connectivity index is 1.68. The van der Waals surface area contributed by atoms with E-state index in [1.807, 2.05) is 23.5 Å². The minimum Gasteiger partial charge on any atom is -0.352 e. The number of benzene rings is 1. The molecule has 3 heterocycles. The minimum atomic E-state index is 0.895. The summed E-state index contributed by atoms with van der Waals surface area (Å²) in [4.78, 5) is 12.6. The molecule has 0 saturated heterocycles. The molecule has 2 aromatic heterocycles. The number of fused-ring (bicyclic) bond motifs is 1. The van der Waals surface area contributed by atoms with Gasteiger partial charge in [-0.1, -0.05) is 28.1 Å². The first-order valence-corrected chi connectivity index (χ1v) is 8.86. The van der Waals surface area contributed by atoms with E-state index in [0.29, 0.717) is 0 Å². The summed E-state index contributed by atoms with van der Waals surface area (Å²) in [6.07, 6.45) is 5.03. The van der Waals surface area contributed by atoms with Crippen molar-refractivity contribution in [3.63, 3.8) is 0 Å². The lowest BCUT2D eigenvalue weighted by Crippen LogP contribution is -2.29. The minimum absolute atomic E-state index is 0.895. The average Bonchev–Trinajstić information content (AvgIpc) is 3.09. The van der Waals surface area contributed by atoms with Crippen LogP contribution in [0.25, 0.3) is 16.5 Å². The highest BCUT2D eigenvalue weighted by Crippen LogP contribution is 2.31. The van der Waals surface area contributed by atoms with E-state index < -0.39 is 0 Å². The fourth-order valence-electron chi connectivity index (χ4n) is 2.81. The summed E-state index contributed by atoms with van der Waals surface area (Å²) in [6.45, 7) is 1.88. The van der Waals surface area contributed by atoms with E-state index in [1.165, 1.54) is 10.5 Å². The summed E-state index contributed by atoms with van der Waals surface area (Å²) < 4.78 is 1.06. The standard InChI is InChI=1S/C17H14BrN3S/c18-13-3-4-15-14(10-13)17(20-11-19-15)21-7-5-12(6-8-21)16-2-1-9-22-16/h1-5,9-11H,6-8H2. The first kappa shape index (κ1) is 13.9. The number of nitrogens with zero attached hydrogens (tertiary/aromatic N) is 3. The molecule has 3 nitrogen and oxygen atoms in total. The van der Waals surface area contributed by atoms with Crippen LogP contribution in [0.4, 0.5) is 5.82 Å². The van der Waals surface area contributed by atoms with Crippen molar-refractivity contribution in [1.29, 1.82) is 0 Å². The van der Waals surface area contributed by atoms with E-state index in [-0.39, 0.29) is 0 Å². The predicted molar refractivity (Wildman–Crippen MR) is 96.4 cm³/mol. The van der Waals surface area contributed by atoms with E-state index in [4.69, 9.17) is 0 Å². The van der Waals surface area contributed by atoms with Gasteiger partial charge in [0.1, 0.15) is 12.1 Å². The van der Waals surface area contributed by atoms with Gasteiger partial charge >= 0.3 is 0 Å². The van der Waals surface area contributed by atoms with Crippen LogP contribution in [0.2, 0.25) is 0 Å². The molecule has 0 radical (unpaired) electrons. The summed E-state index contributed by atoms with van der Waals surface area (Å²) in [7, 11) is 0. The lowest BCUT2D eigenvalue weighted by Gasteiger charge is -2.28. The molecule has 0 amide bonds. The number of hydrogen-bond donors (Lipinski definition) is 0. The van der Waals surface area contributed by atoms with Gasteiger partial charge in [-0.25, -0.2) is 9.97 Å². The maximum Gasteiger partial charge on any atom is 0.140 e. The highest BCUT2D eigenvalue weighted by Gasteiger charge is 2.17. The number of halogens is 1. The fraction of sp³-hybridized carbons (Fsp3) is 0.176. The summed E-state index contributed by atoms with van der Waals surface area (Å²) in [6, 6.07) is 10.5. The van der Waals surface area contributed by atoms with Gasteiger partial charge in [-0.2, -0.15) is 0 Å². The number of thiophene rings is 1. The van der Waals surface area contributed by atoms with Gasteiger partial charge in [0.05, 0.1) is 5.52 Å². The van der Waals surface area contributed by atoms with Crippen LogP contribution in [0, 0.1) is 0 Å². The van der Waals surface area contributed by atoms with E-state index in [1.54, 1.807) is 6.33 Å². The van der Waals surface area contributed by atoms with Crippen LogP contribution in [0.3, 0.4) is 0 Å². The SMILES string of the molecule is Brc1ccc2ncnc(N3CC=C(c4cccs4)CC3)c2c1. The quantitative estimate of drug-likeness (QED) is 0.650. The Morgan fingerprint density at radius 3 is 2.91 bits per heavy atom. The summed E-state index contributed by atoms with van der Waals surface area (Å²) in [5.74, 6) is 1.02. The summed E-state index contributed by atoms with van der Waals surface area (Å²) in [5.41, 5.74) is 2.44. The van der Waals surface area contributed by atoms with Crippen molar-refractivity contribution < 1.29 is 0 Å². The van der Waals surface area contributed by atoms with Crippen LogP contribution in [-0.4, -0.2) is 23.1 Å². The van der Waals surface area contributed by atoms with Gasteiger partial charge in [-0.05, 0) is 41.6 Å². The van der Waals surface area contributed by atoms with Crippen molar-refractivity contribution >= 4 is 49.6 Å². The Kier molecular flexibility index (Phi) is 3.68. The summed E-state index contributed by atoms with van der Waals surface area (Å²) >= 11 is 5.35. The maximum atomic E-state index is 4.53. The Morgan fingerprint density at radius 1 is 1.18 bits per heavy atom. The third-order valence-electron chi connectivity index (χ3n) is 3.92. The molecule has 1 aliphatic heterocycles. The monoisotopic (exact) mass is 371 g/mol. The molecule has 0 aliphatic carbocycles. The second kappa shape index (κ2) is 5.82. The number of aromatic nitrogens is 2. The van der Waals surface area contributed by atoms with E-state index in [0.717, 1.165) is 40.7 Å². The lowest BCUT2D eigenvalue weighted by molar-refractivity contribution is 0.820. The van der Waals surface area contributed by atoms with Crippen LogP contribution in [0.5, 0.6) is 0 Å². The molecule has 0 N–H and O–H groups in total. The van der Waals surface area contributed by atoms with Gasteiger partial charge in [0.15, 0.2) is 0 Å². The molecule has 4 rings (SSSR count). The second-order valence-corrected chi connectivity index (χ2v) is 7.12. The van der Waals surface area contributed by atoms with E-state index in [2.05, 4.69) is 60.5 Å². The lowest BCUT2D eigenvalue weighted by atomic mass is 10.1. The van der Waals surface area contributed by atoms with Crippen LogP contribution in [0.15, 0.2) is 52.6 Å². The van der Waals surface area contributed by atoms with Crippen molar-refractivity contribution in [2.75, 3.05) is 18.0 Å². The molecule has 0 unspecified atom stereocenters. The van der Waals surface area contributed by atoms with Crippen molar-refractivity contribution in [1.82, 2.24) is 9.97 Å². The Bertz CT molecular complexity index is 842. The second-order valence-electron chi connectivity index (χ2n) is 5.26. The van der Waals surface area contributed by atoms with E-state index in [9.17, 15) is 0 Å². The molecule has 0 bridgehead atoms. The molecular weight excluding hydrogens is 358 g/mol. The van der Waals surface area contributed by atoms with Gasteiger partial charge in [0, 0.05) is 27.8 Å². The largest absolute Gasteiger partial charge is 0.352 e. The Labute approximate surface area is 141 Å². The van der Waals surface area contributed by atoms with Crippen LogP contribution in [-0.2, 0) is 0 Å². The van der Waals surface area contributed by atoms with Crippen LogP contribution < -0.4 is 4.90 Å². The first-order chi connectivity index (χ1) is 10.8. The molecule has 22 heavy (non-hydrogen) atoms. The third kappa shape index (κ3) is 2.55. The van der Waals surface area contributed by atoms with Crippen molar-refractivity contribution in [2.24, 2.45) is 0 Å². The van der Waals surface area contributed by atoms with Crippen LogP contribution in [0.1, 0.15) is 11.3 Å². The molecule has 1 aliphatic rings. The number of anilines is 1. The molecule has 0 atom stereocenters. The van der Waals surface area contributed by atoms with E-state index >= 15 is 0 Å². The third-order valence-corrected chi connectivity index (χ3v) is 5.36. The van der Waals surface area contributed by atoms with Gasteiger partial charge in [-0.15, -0.1) is 11.3 Å². The summed E-state index contributed by atoms with van der Waals surface area (Å²) in [5, 5.41) is 3.24. The van der Waals surface area contributed by atoms with Gasteiger partial charge in [0.2, 0.25) is 0 Å². The normalized spacial score (nSPS) is 15.1. The molecule has 110 valence electrons. The Hall–Kier alpha value is -1.72. The smallest absolute Gasteiger partial charge is 0.140 e. The highest BCUT2D eigenvalue weighted by molar-refractivity contribution is 9.10. The molecule has 0 fully saturated rings. The van der Waals surface area contributed by atoms with Gasteiger partial charge in [-0.3, -0.25) is 0 Å². The average molecular weight is 372 g/mol.